The Balaban J connectivity index is 1.76. The average Bonchev–Trinajstić information content (AvgIpc) is 3.60. The molecule has 8 bridgehead atoms. The molecular formula is C29H25N5. The van der Waals surface area contributed by atoms with E-state index in [1.54, 1.807) is 0 Å². The van der Waals surface area contributed by atoms with Gasteiger partial charge < -0.3 is 9.97 Å². The molecule has 0 saturated carbocycles. The maximum absolute atomic E-state index is 5.02. The molecule has 2 aliphatic rings. The summed E-state index contributed by atoms with van der Waals surface area (Å²) in [5.41, 5.74) is 14.3. The van der Waals surface area contributed by atoms with Crippen molar-refractivity contribution in [2.24, 2.45) is 0 Å². The molecule has 166 valence electrons. The molecule has 0 atom stereocenters. The number of H-pyrrole nitrogens is 2. The monoisotopic (exact) mass is 443 g/mol. The summed E-state index contributed by atoms with van der Waals surface area (Å²) in [7, 11) is 0. The SMILES string of the molecule is Cc1nc(C)c(C)c(-c2c3nc(cc4ccc(cc5ccc(cc6nc2C=C6)[nH]5)[nH]4)C=C3)c1C. The van der Waals surface area contributed by atoms with Gasteiger partial charge in [0.2, 0.25) is 0 Å². The van der Waals surface area contributed by atoms with Gasteiger partial charge in [-0.3, -0.25) is 4.98 Å². The van der Waals surface area contributed by atoms with Crippen LogP contribution in [0.4, 0.5) is 0 Å². The van der Waals surface area contributed by atoms with Gasteiger partial charge in [-0.15, -0.1) is 0 Å². The molecule has 0 radical (unpaired) electrons. The summed E-state index contributed by atoms with van der Waals surface area (Å²) in [5.74, 6) is 0. The molecule has 0 saturated heterocycles. The number of aryl methyl sites for hydroxylation is 2. The largest absolute Gasteiger partial charge is 0.355 e. The van der Waals surface area contributed by atoms with E-state index in [9.17, 15) is 0 Å². The van der Waals surface area contributed by atoms with Crippen molar-refractivity contribution in [2.75, 3.05) is 0 Å². The van der Waals surface area contributed by atoms with Crippen molar-refractivity contribution in [2.45, 2.75) is 27.7 Å². The zero-order valence-corrected chi connectivity index (χ0v) is 19.7. The Morgan fingerprint density at radius 2 is 0.941 bits per heavy atom. The van der Waals surface area contributed by atoms with E-state index < -0.39 is 0 Å². The van der Waals surface area contributed by atoms with Crippen LogP contribution in [0.15, 0.2) is 42.5 Å². The molecule has 0 spiro atoms. The minimum Gasteiger partial charge on any atom is -0.355 e. The van der Waals surface area contributed by atoms with Gasteiger partial charge in [0.15, 0.2) is 0 Å². The maximum Gasteiger partial charge on any atom is 0.0738 e. The molecule has 0 fully saturated rings. The van der Waals surface area contributed by atoms with Crippen LogP contribution in [0, 0.1) is 27.7 Å². The molecule has 0 amide bonds. The summed E-state index contributed by atoms with van der Waals surface area (Å²) in [5, 5.41) is 0. The van der Waals surface area contributed by atoms with Crippen LogP contribution in [0.5, 0.6) is 0 Å². The fourth-order valence-electron chi connectivity index (χ4n) is 4.70. The maximum atomic E-state index is 5.02. The summed E-state index contributed by atoms with van der Waals surface area (Å²) in [4.78, 5) is 21.7. The Kier molecular flexibility index (Phi) is 4.59. The number of rotatable bonds is 1. The van der Waals surface area contributed by atoms with Gasteiger partial charge in [-0.1, -0.05) is 0 Å². The van der Waals surface area contributed by atoms with Crippen LogP contribution in [0.3, 0.4) is 0 Å². The normalized spacial score (nSPS) is 12.5. The second kappa shape index (κ2) is 7.66. The third-order valence-corrected chi connectivity index (χ3v) is 6.64. The van der Waals surface area contributed by atoms with Crippen molar-refractivity contribution >= 4 is 46.4 Å². The molecular weight excluding hydrogens is 418 g/mol. The first-order valence-corrected chi connectivity index (χ1v) is 11.5. The Hall–Kier alpha value is -4.25. The standard InChI is InChI=1S/C29H25N5/c1-16-18(3)30-19(4)17(2)28(16)29-26-11-9-24(33-26)14-22-7-5-20(31-22)13-21-6-8-23(32-21)15-25-10-12-27(29)34-25/h5-15,31-32H,1-4H3. The lowest BCUT2D eigenvalue weighted by atomic mass is 9.92. The predicted octanol–water partition coefficient (Wildman–Crippen LogP) is 6.95. The average molecular weight is 444 g/mol. The van der Waals surface area contributed by atoms with Gasteiger partial charge >= 0.3 is 0 Å². The Bertz CT molecular complexity index is 1580. The smallest absolute Gasteiger partial charge is 0.0738 e. The number of hydrogen-bond donors (Lipinski definition) is 2. The van der Waals surface area contributed by atoms with E-state index in [-0.39, 0.29) is 0 Å². The van der Waals surface area contributed by atoms with Crippen molar-refractivity contribution in [1.29, 1.82) is 0 Å². The van der Waals surface area contributed by atoms with E-state index in [1.165, 1.54) is 5.56 Å². The first-order valence-electron chi connectivity index (χ1n) is 11.5. The van der Waals surface area contributed by atoms with Crippen molar-refractivity contribution in [3.63, 3.8) is 0 Å². The van der Waals surface area contributed by atoms with Gasteiger partial charge in [-0.2, -0.15) is 0 Å². The lowest BCUT2D eigenvalue weighted by molar-refractivity contribution is 1.06. The topological polar surface area (TPSA) is 70.2 Å². The quantitative estimate of drug-likeness (QED) is 0.289. The molecule has 34 heavy (non-hydrogen) atoms. The summed E-state index contributed by atoms with van der Waals surface area (Å²) in [6, 6.07) is 14.6. The molecule has 5 heteroatoms. The summed E-state index contributed by atoms with van der Waals surface area (Å²) in [6.07, 6.45) is 8.31. The molecule has 5 nitrogen and oxygen atoms in total. The molecule has 6 rings (SSSR count). The van der Waals surface area contributed by atoms with Crippen LogP contribution in [0.25, 0.3) is 57.5 Å². The van der Waals surface area contributed by atoms with E-state index in [0.29, 0.717) is 0 Å². The van der Waals surface area contributed by atoms with E-state index in [0.717, 1.165) is 72.9 Å². The van der Waals surface area contributed by atoms with Crippen LogP contribution in [0.2, 0.25) is 0 Å². The molecule has 2 aliphatic heterocycles. The first kappa shape index (κ1) is 20.4. The van der Waals surface area contributed by atoms with Crippen molar-refractivity contribution < 1.29 is 0 Å². The highest BCUT2D eigenvalue weighted by Gasteiger charge is 2.20. The highest BCUT2D eigenvalue weighted by atomic mass is 14.8. The van der Waals surface area contributed by atoms with Gasteiger partial charge in [0, 0.05) is 39.0 Å². The zero-order chi connectivity index (χ0) is 23.4. The lowest BCUT2D eigenvalue weighted by Crippen LogP contribution is -2.01. The summed E-state index contributed by atoms with van der Waals surface area (Å²) >= 11 is 0. The van der Waals surface area contributed by atoms with Crippen LogP contribution in [-0.4, -0.2) is 24.9 Å². The van der Waals surface area contributed by atoms with Gasteiger partial charge in [-0.25, -0.2) is 9.97 Å². The molecule has 6 heterocycles. The third kappa shape index (κ3) is 3.46. The highest BCUT2D eigenvalue weighted by molar-refractivity contribution is 5.91. The summed E-state index contributed by atoms with van der Waals surface area (Å²) < 4.78 is 0. The minimum atomic E-state index is 0.909. The molecule has 0 unspecified atom stereocenters. The molecule has 2 N–H and O–H groups in total. The second-order valence-corrected chi connectivity index (χ2v) is 8.96. The fourth-order valence-corrected chi connectivity index (χ4v) is 4.70. The number of nitrogens with zero attached hydrogens (tertiary/aromatic N) is 3. The number of fused-ring (bicyclic) bond motifs is 8. The molecule has 4 aromatic heterocycles. The number of pyridine rings is 1. The van der Waals surface area contributed by atoms with E-state index in [1.807, 2.05) is 0 Å². The molecule has 0 aromatic carbocycles. The lowest BCUT2D eigenvalue weighted by Gasteiger charge is -2.16. The number of aromatic amines is 2. The van der Waals surface area contributed by atoms with Gasteiger partial charge in [-0.05, 0) is 111 Å². The van der Waals surface area contributed by atoms with Gasteiger partial charge in [0.1, 0.15) is 0 Å². The first-order chi connectivity index (χ1) is 16.4. The predicted molar refractivity (Wildman–Crippen MR) is 141 cm³/mol. The Labute approximate surface area is 198 Å². The van der Waals surface area contributed by atoms with Crippen LogP contribution in [0.1, 0.15) is 45.3 Å². The van der Waals surface area contributed by atoms with Crippen LogP contribution >= 0.6 is 0 Å². The van der Waals surface area contributed by atoms with Crippen molar-refractivity contribution in [1.82, 2.24) is 24.9 Å². The van der Waals surface area contributed by atoms with Gasteiger partial charge in [0.05, 0.1) is 22.8 Å². The highest BCUT2D eigenvalue weighted by Crippen LogP contribution is 2.36. The fraction of sp³-hybridized carbons (Fsp3) is 0.138. The molecule has 4 aromatic rings. The molecule has 0 aliphatic carbocycles. The Morgan fingerprint density at radius 1 is 0.500 bits per heavy atom. The zero-order valence-electron chi connectivity index (χ0n) is 19.7. The van der Waals surface area contributed by atoms with Crippen molar-refractivity contribution in [3.05, 3.63) is 87.8 Å². The number of aromatic nitrogens is 5. The number of hydrogen-bond acceptors (Lipinski definition) is 3. The number of nitrogens with one attached hydrogen (secondary N) is 2. The van der Waals surface area contributed by atoms with Crippen LogP contribution < -0.4 is 0 Å². The second-order valence-electron chi connectivity index (χ2n) is 8.96. The van der Waals surface area contributed by atoms with E-state index >= 15 is 0 Å². The third-order valence-electron chi connectivity index (χ3n) is 6.64. The minimum absolute atomic E-state index is 0.909. The van der Waals surface area contributed by atoms with Crippen molar-refractivity contribution in [3.8, 4) is 11.1 Å². The van der Waals surface area contributed by atoms with Crippen LogP contribution in [-0.2, 0) is 0 Å². The van der Waals surface area contributed by atoms with E-state index in [4.69, 9.17) is 15.0 Å². The van der Waals surface area contributed by atoms with Gasteiger partial charge in [0.25, 0.3) is 0 Å². The summed E-state index contributed by atoms with van der Waals surface area (Å²) in [6.45, 7) is 8.41. The van der Waals surface area contributed by atoms with E-state index in [2.05, 4.69) is 104 Å². The Morgan fingerprint density at radius 3 is 1.41 bits per heavy atom.